The lowest BCUT2D eigenvalue weighted by molar-refractivity contribution is 0.0728. The largest absolute Gasteiger partial charge is 0.445 e. The second kappa shape index (κ2) is 11.0. The summed E-state index contributed by atoms with van der Waals surface area (Å²) < 4.78 is 5.48. The number of β-amino-alcohol motifs (C(OH)–C–C–N with tert-alkyl or cyclic N) is 1. The van der Waals surface area contributed by atoms with Crippen molar-refractivity contribution in [1.82, 2.24) is 9.80 Å². The summed E-state index contributed by atoms with van der Waals surface area (Å²) in [5.41, 5.74) is 2.98. The number of amides is 1. The average Bonchev–Trinajstić information content (AvgIpc) is 3.19. The highest BCUT2D eigenvalue weighted by molar-refractivity contribution is 6.30. The number of ether oxygens (including phenoxy) is 1. The van der Waals surface area contributed by atoms with E-state index in [1.54, 1.807) is 4.90 Å². The van der Waals surface area contributed by atoms with Gasteiger partial charge in [-0.2, -0.15) is 0 Å². The molecule has 0 aromatic heterocycles. The van der Waals surface area contributed by atoms with Crippen molar-refractivity contribution in [2.45, 2.75) is 31.8 Å². The molecule has 1 amide bonds. The molecule has 1 heterocycles. The molecule has 0 saturated carbocycles. The molecule has 0 aliphatic carbocycles. The Morgan fingerprint density at radius 2 is 1.45 bits per heavy atom. The summed E-state index contributed by atoms with van der Waals surface area (Å²) in [7, 11) is 0. The van der Waals surface area contributed by atoms with Gasteiger partial charge in [-0.1, -0.05) is 77.8 Å². The van der Waals surface area contributed by atoms with Crippen molar-refractivity contribution in [2.75, 3.05) is 13.1 Å². The van der Waals surface area contributed by atoms with Gasteiger partial charge in [0, 0.05) is 29.7 Å². The number of carbonyl (C=O) groups excluding carboxylic acids is 1. The minimum atomic E-state index is -0.701. The van der Waals surface area contributed by atoms with E-state index >= 15 is 0 Å². The summed E-state index contributed by atoms with van der Waals surface area (Å²) in [6.45, 7) is 1.94. The fourth-order valence-electron chi connectivity index (χ4n) is 4.12. The molecule has 0 spiro atoms. The van der Waals surface area contributed by atoms with Crippen LogP contribution in [0.3, 0.4) is 0 Å². The molecule has 1 N–H and O–H groups in total. The first-order valence-corrected chi connectivity index (χ1v) is 11.6. The first kappa shape index (κ1) is 23.6. The SMILES string of the molecule is O=C(OCc1ccccc1)N1C[C@@H](O)[C@H](N(Cc2cccc(Cl)c2)Cc2cccc(Cl)c2)C1. The maximum atomic E-state index is 12.7. The van der Waals surface area contributed by atoms with Crippen LogP contribution in [0.1, 0.15) is 16.7 Å². The van der Waals surface area contributed by atoms with Crippen molar-refractivity contribution in [2.24, 2.45) is 0 Å². The third-order valence-corrected chi connectivity index (χ3v) is 6.21. The number of carbonyl (C=O) groups is 1. The summed E-state index contributed by atoms with van der Waals surface area (Å²) in [4.78, 5) is 16.4. The Morgan fingerprint density at radius 1 is 0.879 bits per heavy atom. The molecule has 7 heteroatoms. The van der Waals surface area contributed by atoms with E-state index in [4.69, 9.17) is 27.9 Å². The minimum absolute atomic E-state index is 0.200. The topological polar surface area (TPSA) is 53.0 Å². The molecule has 2 atom stereocenters. The van der Waals surface area contributed by atoms with Crippen LogP contribution in [-0.2, 0) is 24.4 Å². The van der Waals surface area contributed by atoms with Crippen molar-refractivity contribution in [3.05, 3.63) is 106 Å². The van der Waals surface area contributed by atoms with Crippen LogP contribution < -0.4 is 0 Å². The van der Waals surface area contributed by atoms with E-state index in [0.717, 1.165) is 16.7 Å². The van der Waals surface area contributed by atoms with Crippen molar-refractivity contribution in [3.63, 3.8) is 0 Å². The summed E-state index contributed by atoms with van der Waals surface area (Å²) in [6.07, 6.45) is -1.13. The molecule has 0 unspecified atom stereocenters. The lowest BCUT2D eigenvalue weighted by atomic mass is 10.1. The quantitative estimate of drug-likeness (QED) is 0.489. The summed E-state index contributed by atoms with van der Waals surface area (Å²) in [5.74, 6) is 0. The Balaban J connectivity index is 1.47. The molecule has 1 fully saturated rings. The molecule has 5 nitrogen and oxygen atoms in total. The monoisotopic (exact) mass is 484 g/mol. The zero-order valence-corrected chi connectivity index (χ0v) is 19.6. The number of benzene rings is 3. The van der Waals surface area contributed by atoms with Crippen molar-refractivity contribution >= 4 is 29.3 Å². The lowest BCUT2D eigenvalue weighted by Crippen LogP contribution is -2.42. The van der Waals surface area contributed by atoms with Crippen molar-refractivity contribution < 1.29 is 14.6 Å². The molecule has 0 bridgehead atoms. The van der Waals surface area contributed by atoms with Gasteiger partial charge >= 0.3 is 6.09 Å². The van der Waals surface area contributed by atoms with Crippen LogP contribution in [0.4, 0.5) is 4.79 Å². The van der Waals surface area contributed by atoms with E-state index in [1.165, 1.54) is 0 Å². The molecule has 0 radical (unpaired) electrons. The fraction of sp³-hybridized carbons (Fsp3) is 0.269. The number of rotatable bonds is 7. The fourth-order valence-corrected chi connectivity index (χ4v) is 4.54. The van der Waals surface area contributed by atoms with Gasteiger partial charge in [-0.05, 0) is 41.0 Å². The van der Waals surface area contributed by atoms with Crippen molar-refractivity contribution in [1.29, 1.82) is 0 Å². The number of likely N-dealkylation sites (tertiary alicyclic amines) is 1. The smallest absolute Gasteiger partial charge is 0.410 e. The Labute approximate surface area is 204 Å². The Bertz CT molecular complexity index is 1030. The summed E-state index contributed by atoms with van der Waals surface area (Å²) in [5, 5.41) is 12.2. The zero-order chi connectivity index (χ0) is 23.2. The highest BCUT2D eigenvalue weighted by atomic mass is 35.5. The maximum absolute atomic E-state index is 12.7. The number of aliphatic hydroxyl groups is 1. The zero-order valence-electron chi connectivity index (χ0n) is 18.1. The summed E-state index contributed by atoms with van der Waals surface area (Å²) >= 11 is 12.4. The van der Waals surface area contributed by atoms with Gasteiger partial charge in [0.05, 0.1) is 18.7 Å². The third-order valence-electron chi connectivity index (χ3n) is 5.74. The van der Waals surface area contributed by atoms with E-state index in [9.17, 15) is 9.90 Å². The average molecular weight is 485 g/mol. The van der Waals surface area contributed by atoms with E-state index in [-0.39, 0.29) is 19.2 Å². The lowest BCUT2D eigenvalue weighted by Gasteiger charge is -2.31. The summed E-state index contributed by atoms with van der Waals surface area (Å²) in [6, 6.07) is 24.6. The molecular weight excluding hydrogens is 459 g/mol. The molecular formula is C26H26Cl2N2O3. The first-order chi connectivity index (χ1) is 16.0. The molecule has 33 heavy (non-hydrogen) atoms. The Morgan fingerprint density at radius 3 is 2.03 bits per heavy atom. The van der Waals surface area contributed by atoms with Gasteiger partial charge in [-0.3, -0.25) is 4.90 Å². The highest BCUT2D eigenvalue weighted by Crippen LogP contribution is 2.24. The van der Waals surface area contributed by atoms with Gasteiger partial charge in [0.1, 0.15) is 6.61 Å². The van der Waals surface area contributed by atoms with Gasteiger partial charge in [-0.15, -0.1) is 0 Å². The van der Waals surface area contributed by atoms with E-state index in [1.807, 2.05) is 78.9 Å². The normalized spacial score (nSPS) is 18.0. The Kier molecular flexibility index (Phi) is 7.89. The highest BCUT2D eigenvalue weighted by Gasteiger charge is 2.38. The van der Waals surface area contributed by atoms with E-state index in [0.29, 0.717) is 29.7 Å². The van der Waals surface area contributed by atoms with Gasteiger partial charge in [-0.25, -0.2) is 4.79 Å². The number of hydrogen-bond donors (Lipinski definition) is 1. The van der Waals surface area contributed by atoms with Crippen LogP contribution in [0.15, 0.2) is 78.9 Å². The Hall–Kier alpha value is -2.57. The predicted octanol–water partition coefficient (Wildman–Crippen LogP) is 5.38. The van der Waals surface area contributed by atoms with E-state index < -0.39 is 12.2 Å². The van der Waals surface area contributed by atoms with Gasteiger partial charge in [0.15, 0.2) is 0 Å². The van der Waals surface area contributed by atoms with E-state index in [2.05, 4.69) is 4.90 Å². The van der Waals surface area contributed by atoms with Gasteiger partial charge < -0.3 is 14.7 Å². The predicted molar refractivity (Wildman–Crippen MR) is 130 cm³/mol. The minimum Gasteiger partial charge on any atom is -0.445 e. The van der Waals surface area contributed by atoms with Gasteiger partial charge in [0.2, 0.25) is 0 Å². The molecule has 4 rings (SSSR count). The van der Waals surface area contributed by atoms with Crippen molar-refractivity contribution in [3.8, 4) is 0 Å². The molecule has 3 aromatic carbocycles. The number of halogens is 2. The van der Waals surface area contributed by atoms with Crippen LogP contribution in [0.5, 0.6) is 0 Å². The second-order valence-corrected chi connectivity index (χ2v) is 9.12. The van der Waals surface area contributed by atoms with Crippen LogP contribution in [0.2, 0.25) is 10.0 Å². The third kappa shape index (κ3) is 6.49. The molecule has 1 aliphatic heterocycles. The number of aliphatic hydroxyl groups excluding tert-OH is 1. The second-order valence-electron chi connectivity index (χ2n) is 8.24. The van der Waals surface area contributed by atoms with Crippen LogP contribution in [0, 0.1) is 0 Å². The van der Waals surface area contributed by atoms with Crippen LogP contribution in [0.25, 0.3) is 0 Å². The molecule has 3 aromatic rings. The molecule has 1 saturated heterocycles. The number of hydrogen-bond acceptors (Lipinski definition) is 4. The van der Waals surface area contributed by atoms with Gasteiger partial charge in [0.25, 0.3) is 0 Å². The number of nitrogens with zero attached hydrogens (tertiary/aromatic N) is 2. The van der Waals surface area contributed by atoms with Crippen LogP contribution in [-0.4, -0.2) is 46.2 Å². The standard InChI is InChI=1S/C26H26Cl2N2O3/c27-22-10-4-8-20(12-22)14-29(15-21-9-5-11-23(28)13-21)24-16-30(17-25(24)31)26(32)33-18-19-6-2-1-3-7-19/h1-13,24-25,31H,14-18H2/t24-,25-/m1/s1. The van der Waals surface area contributed by atoms with Crippen LogP contribution >= 0.6 is 23.2 Å². The maximum Gasteiger partial charge on any atom is 0.410 e. The molecule has 1 aliphatic rings. The molecule has 172 valence electrons. The first-order valence-electron chi connectivity index (χ1n) is 10.8.